The van der Waals surface area contributed by atoms with Crippen LogP contribution in [0.2, 0.25) is 0 Å². The molecule has 3 aliphatic carbocycles. The number of benzene rings is 2. The lowest BCUT2D eigenvalue weighted by Gasteiger charge is -2.50. The average molecular weight is 663 g/mol. The Balaban J connectivity index is 1.41. The highest BCUT2D eigenvalue weighted by Crippen LogP contribution is 2.53. The molecule has 0 aromatic heterocycles. The van der Waals surface area contributed by atoms with Crippen molar-refractivity contribution in [3.8, 4) is 22.6 Å². The van der Waals surface area contributed by atoms with Gasteiger partial charge in [0.2, 0.25) is 5.78 Å². The highest BCUT2D eigenvalue weighted by Gasteiger charge is 2.63. The number of likely N-dealkylation sites (N-methyl/N-ethyl adjacent to an activating group) is 1. The van der Waals surface area contributed by atoms with Gasteiger partial charge < -0.3 is 36.0 Å². The smallest absolute Gasteiger partial charge is 0.255 e. The molecule has 1 amide bonds. The number of aliphatic hydroxyl groups is 4. The molecule has 13 heteroatoms. The molecule has 1 fully saturated rings. The maximum Gasteiger partial charge on any atom is 0.255 e. The van der Waals surface area contributed by atoms with Crippen molar-refractivity contribution in [3.63, 3.8) is 0 Å². The molecule has 13 nitrogen and oxygen atoms in total. The predicted octanol–water partition coefficient (Wildman–Crippen LogP) is 0.906. The number of aromatic hydroxyl groups is 1. The van der Waals surface area contributed by atoms with Crippen LogP contribution in [0, 0.1) is 11.8 Å². The van der Waals surface area contributed by atoms with E-state index < -0.39 is 58.0 Å². The molecule has 1 saturated heterocycles. The molecule has 0 bridgehead atoms. The number of carbonyl (C=O) groups excluding carboxylic acids is 3. The third-order valence-electron chi connectivity index (χ3n) is 10.5. The van der Waals surface area contributed by atoms with Crippen molar-refractivity contribution in [2.75, 3.05) is 60.5 Å². The Kier molecular flexibility index (Phi) is 8.85. The van der Waals surface area contributed by atoms with Crippen LogP contribution in [0.3, 0.4) is 0 Å². The number of β-amino-alcohol motifs (C(OH)–C–C–N with tert-alkyl or cyclic N) is 1. The van der Waals surface area contributed by atoms with E-state index >= 15 is 0 Å². The number of allylic oxidation sites excluding steroid dienone is 1. The Bertz CT molecular complexity index is 1740. The van der Waals surface area contributed by atoms with Gasteiger partial charge in [0.05, 0.1) is 25.3 Å². The molecule has 0 unspecified atom stereocenters. The molecular formula is C35H42N4O9. The summed E-state index contributed by atoms with van der Waals surface area (Å²) in [5.41, 5.74) is 4.66. The number of hydrogen-bond donors (Lipinski definition) is 6. The van der Waals surface area contributed by atoms with Gasteiger partial charge in [-0.3, -0.25) is 29.1 Å². The summed E-state index contributed by atoms with van der Waals surface area (Å²) < 4.78 is 5.69. The van der Waals surface area contributed by atoms with E-state index in [0.29, 0.717) is 30.0 Å². The van der Waals surface area contributed by atoms with Crippen molar-refractivity contribution in [2.45, 2.75) is 31.0 Å². The molecular weight excluding hydrogens is 620 g/mol. The van der Waals surface area contributed by atoms with Crippen molar-refractivity contribution in [3.05, 3.63) is 69.7 Å². The normalized spacial score (nSPS) is 26.4. The Hall–Kier alpha value is -4.27. The van der Waals surface area contributed by atoms with Crippen LogP contribution in [0.1, 0.15) is 27.9 Å². The fourth-order valence-corrected chi connectivity index (χ4v) is 8.14. The van der Waals surface area contributed by atoms with E-state index in [1.165, 1.54) is 11.0 Å². The maximum atomic E-state index is 14.2. The van der Waals surface area contributed by atoms with Gasteiger partial charge in [-0.1, -0.05) is 12.1 Å². The second-order valence-corrected chi connectivity index (χ2v) is 13.3. The number of fused-ring (bicyclic) bond motifs is 3. The van der Waals surface area contributed by atoms with Crippen molar-refractivity contribution in [2.24, 2.45) is 17.6 Å². The van der Waals surface area contributed by atoms with Crippen molar-refractivity contribution in [1.29, 1.82) is 0 Å². The van der Waals surface area contributed by atoms with E-state index in [1.54, 1.807) is 27.3 Å². The topological polar surface area (TPSA) is 197 Å². The van der Waals surface area contributed by atoms with Gasteiger partial charge >= 0.3 is 0 Å². The molecule has 256 valence electrons. The number of Topliss-reactive ketones (excluding diaryl/α,β-unsaturated/α-hetero) is 2. The van der Waals surface area contributed by atoms with Crippen LogP contribution in [-0.2, 0) is 22.6 Å². The van der Waals surface area contributed by atoms with Crippen LogP contribution in [0.5, 0.6) is 11.5 Å². The van der Waals surface area contributed by atoms with Gasteiger partial charge in [0, 0.05) is 56.3 Å². The average Bonchev–Trinajstić information content (AvgIpc) is 3.03. The highest BCUT2D eigenvalue weighted by molar-refractivity contribution is 6.24. The monoisotopic (exact) mass is 662 g/mol. The summed E-state index contributed by atoms with van der Waals surface area (Å²) in [5, 5.41) is 54.7. The number of phenols is 1. The zero-order valence-corrected chi connectivity index (χ0v) is 27.3. The fourth-order valence-electron chi connectivity index (χ4n) is 8.14. The minimum atomic E-state index is -2.69. The lowest BCUT2D eigenvalue weighted by molar-refractivity contribution is -0.148. The van der Waals surface area contributed by atoms with E-state index in [9.17, 15) is 39.9 Å². The number of rotatable bonds is 8. The van der Waals surface area contributed by atoms with E-state index in [4.69, 9.17) is 10.5 Å². The van der Waals surface area contributed by atoms with Crippen molar-refractivity contribution < 1.29 is 44.7 Å². The number of phenolic OH excluding ortho intramolecular Hbond substituents is 1. The minimum absolute atomic E-state index is 0.0109. The van der Waals surface area contributed by atoms with E-state index in [-0.39, 0.29) is 36.3 Å². The number of amides is 1. The molecule has 4 atom stereocenters. The number of nitrogens with zero attached hydrogens (tertiary/aromatic N) is 3. The zero-order chi connectivity index (χ0) is 34.7. The lowest BCUT2D eigenvalue weighted by atomic mass is 9.58. The van der Waals surface area contributed by atoms with Gasteiger partial charge in [-0.15, -0.1) is 0 Å². The molecule has 0 spiro atoms. The molecule has 4 aliphatic rings. The van der Waals surface area contributed by atoms with Gasteiger partial charge in [-0.2, -0.15) is 0 Å². The summed E-state index contributed by atoms with van der Waals surface area (Å²) in [6, 6.07) is 7.86. The van der Waals surface area contributed by atoms with Crippen LogP contribution < -0.4 is 10.5 Å². The van der Waals surface area contributed by atoms with Gasteiger partial charge in [0.1, 0.15) is 28.6 Å². The molecule has 2 aromatic rings. The molecule has 0 saturated carbocycles. The minimum Gasteiger partial charge on any atom is -0.510 e. The second kappa shape index (κ2) is 12.6. The van der Waals surface area contributed by atoms with Crippen LogP contribution in [-0.4, -0.2) is 130 Å². The number of piperazine rings is 1. The molecule has 7 N–H and O–H groups in total. The van der Waals surface area contributed by atoms with Crippen molar-refractivity contribution >= 4 is 17.5 Å². The van der Waals surface area contributed by atoms with Crippen LogP contribution in [0.4, 0.5) is 0 Å². The van der Waals surface area contributed by atoms with Gasteiger partial charge in [0.15, 0.2) is 11.4 Å². The van der Waals surface area contributed by atoms with E-state index in [1.807, 2.05) is 18.2 Å². The standard InChI is InChI=1S/C35H42N4O9/c1-37(2)29-23-16-19-15-22-21(18-4-7-25(48-3)20(14-18)17-39-10-8-38(9-11-39)12-13-40)5-6-24(41)27(22)30(42)26(19)32(44)35(23,47)33(45)28(31(29)43)34(36)46/h4-7,14,19,23,29,40-41,43-44,47H,8-13,15-17H2,1-3H3,(H2,36,46)/t19-,23+,29-,35+/m1/s1. The summed E-state index contributed by atoms with van der Waals surface area (Å²) >= 11 is 0. The Morgan fingerprint density at radius 1 is 1.06 bits per heavy atom. The van der Waals surface area contributed by atoms with Crippen LogP contribution in [0.15, 0.2) is 53.0 Å². The van der Waals surface area contributed by atoms with Crippen LogP contribution in [0.25, 0.3) is 11.1 Å². The summed E-state index contributed by atoms with van der Waals surface area (Å²) in [7, 11) is 4.80. The first-order valence-corrected chi connectivity index (χ1v) is 16.1. The molecule has 1 aliphatic heterocycles. The van der Waals surface area contributed by atoms with Crippen molar-refractivity contribution in [1.82, 2.24) is 14.7 Å². The number of nitrogens with two attached hydrogens (primary N) is 1. The Morgan fingerprint density at radius 2 is 1.75 bits per heavy atom. The number of methoxy groups -OCH3 is 1. The number of primary amides is 1. The third-order valence-corrected chi connectivity index (χ3v) is 10.5. The summed E-state index contributed by atoms with van der Waals surface area (Å²) in [6.07, 6.45) is 0.198. The van der Waals surface area contributed by atoms with E-state index in [0.717, 1.165) is 37.3 Å². The fraction of sp³-hybridized carbons (Fsp3) is 0.457. The molecule has 2 aromatic carbocycles. The Labute approximate surface area is 278 Å². The summed E-state index contributed by atoms with van der Waals surface area (Å²) in [5.74, 6) is -6.13. The second-order valence-electron chi connectivity index (χ2n) is 13.3. The first kappa shape index (κ1) is 33.6. The van der Waals surface area contributed by atoms with Gasteiger partial charge in [0.25, 0.3) is 5.91 Å². The molecule has 48 heavy (non-hydrogen) atoms. The maximum absolute atomic E-state index is 14.2. The van der Waals surface area contributed by atoms with Gasteiger partial charge in [-0.05, 0) is 67.7 Å². The van der Waals surface area contributed by atoms with Gasteiger partial charge in [-0.25, -0.2) is 0 Å². The third kappa shape index (κ3) is 5.26. The number of aliphatic hydroxyl groups excluding tert-OH is 3. The number of hydrogen-bond acceptors (Lipinski definition) is 12. The van der Waals surface area contributed by atoms with Crippen LogP contribution >= 0.6 is 0 Å². The largest absolute Gasteiger partial charge is 0.510 e. The lowest BCUT2D eigenvalue weighted by Crippen LogP contribution is -2.63. The number of ether oxygens (including phenoxy) is 1. The quantitative estimate of drug-likeness (QED) is 0.219. The molecule has 0 radical (unpaired) electrons. The van der Waals surface area contributed by atoms with E-state index in [2.05, 4.69) is 9.80 Å². The first-order valence-electron chi connectivity index (χ1n) is 16.1. The summed E-state index contributed by atoms with van der Waals surface area (Å²) in [4.78, 5) is 46.0. The highest BCUT2D eigenvalue weighted by atomic mass is 16.5. The number of ketones is 2. The molecule has 6 rings (SSSR count). The predicted molar refractivity (Wildman–Crippen MR) is 174 cm³/mol. The SMILES string of the molecule is COc1ccc(-c2ccc(O)c3c2C[C@@H]2C[C@H]4[C@@H](N(C)C)C(O)=C(C(N)=O)C(=O)[C@@]4(O)C(O)=C2C3=O)cc1CN1CCN(CCO)CC1. The number of carbonyl (C=O) groups is 3. The first-order chi connectivity index (χ1) is 22.8. The Morgan fingerprint density at radius 3 is 2.38 bits per heavy atom. The summed E-state index contributed by atoms with van der Waals surface area (Å²) in [6.45, 7) is 4.72. The zero-order valence-electron chi connectivity index (χ0n) is 27.3. The molecule has 1 heterocycles.